The van der Waals surface area contributed by atoms with Crippen LogP contribution in [0.25, 0.3) is 10.9 Å². The second-order valence-corrected chi connectivity index (χ2v) is 4.30. The van der Waals surface area contributed by atoms with Gasteiger partial charge in [0.2, 0.25) is 0 Å². The second kappa shape index (κ2) is 4.71. The minimum absolute atomic E-state index is 0.404. The molecule has 0 fully saturated rings. The fraction of sp³-hybridized carbons (Fsp3) is 0.429. The van der Waals surface area contributed by atoms with Gasteiger partial charge in [-0.1, -0.05) is 19.1 Å². The monoisotopic (exact) mass is 216 g/mol. The summed E-state index contributed by atoms with van der Waals surface area (Å²) in [4.78, 5) is 0. The summed E-state index contributed by atoms with van der Waals surface area (Å²) in [5.74, 6) is 0. The fourth-order valence-electron chi connectivity index (χ4n) is 2.22. The minimum Gasteiger partial charge on any atom is -0.347 e. The predicted molar refractivity (Wildman–Crippen MR) is 69.7 cm³/mol. The Balaban J connectivity index is 2.53. The van der Waals surface area contributed by atoms with Crippen molar-refractivity contribution in [3.05, 3.63) is 36.0 Å². The van der Waals surface area contributed by atoms with Gasteiger partial charge in [-0.05, 0) is 38.1 Å². The summed E-state index contributed by atoms with van der Waals surface area (Å²) in [5, 5.41) is 4.68. The van der Waals surface area contributed by atoms with Crippen LogP contribution in [-0.2, 0) is 6.54 Å². The van der Waals surface area contributed by atoms with E-state index >= 15 is 0 Å². The quantitative estimate of drug-likeness (QED) is 0.829. The van der Waals surface area contributed by atoms with Gasteiger partial charge < -0.3 is 9.88 Å². The van der Waals surface area contributed by atoms with Gasteiger partial charge in [0.15, 0.2) is 0 Å². The Labute approximate surface area is 97.3 Å². The number of fused-ring (bicyclic) bond motifs is 1. The molecule has 1 unspecified atom stereocenters. The lowest BCUT2D eigenvalue weighted by Crippen LogP contribution is -2.12. The smallest absolute Gasteiger partial charge is 0.0483 e. The number of aromatic nitrogens is 1. The first-order valence-corrected chi connectivity index (χ1v) is 6.03. The summed E-state index contributed by atoms with van der Waals surface area (Å²) in [6.45, 7) is 5.51. The molecule has 0 aliphatic heterocycles. The highest BCUT2D eigenvalue weighted by Gasteiger charge is 2.09. The molecule has 1 N–H and O–H groups in total. The van der Waals surface area contributed by atoms with E-state index in [9.17, 15) is 0 Å². The summed E-state index contributed by atoms with van der Waals surface area (Å²) in [6, 6.07) is 9.20. The van der Waals surface area contributed by atoms with Crippen LogP contribution >= 0.6 is 0 Å². The van der Waals surface area contributed by atoms with Crippen molar-refractivity contribution in [3.63, 3.8) is 0 Å². The number of hydrogen-bond acceptors (Lipinski definition) is 1. The first-order chi connectivity index (χ1) is 7.77. The molecule has 0 bridgehead atoms. The lowest BCUT2D eigenvalue weighted by molar-refractivity contribution is 0.657. The average molecular weight is 216 g/mol. The van der Waals surface area contributed by atoms with Crippen molar-refractivity contribution in [3.8, 4) is 0 Å². The number of rotatable bonds is 4. The van der Waals surface area contributed by atoms with Gasteiger partial charge in [0.05, 0.1) is 0 Å². The molecule has 2 heteroatoms. The van der Waals surface area contributed by atoms with Crippen molar-refractivity contribution < 1.29 is 0 Å². The van der Waals surface area contributed by atoms with Gasteiger partial charge in [0, 0.05) is 29.7 Å². The highest BCUT2D eigenvalue weighted by molar-refractivity contribution is 5.84. The largest absolute Gasteiger partial charge is 0.347 e. The van der Waals surface area contributed by atoms with Crippen molar-refractivity contribution >= 4 is 10.9 Å². The Hall–Kier alpha value is -1.28. The molecule has 0 aliphatic carbocycles. The number of nitrogens with zero attached hydrogens (tertiary/aromatic N) is 1. The highest BCUT2D eigenvalue weighted by atomic mass is 14.9. The minimum atomic E-state index is 0.404. The molecule has 86 valence electrons. The van der Waals surface area contributed by atoms with Gasteiger partial charge >= 0.3 is 0 Å². The zero-order valence-electron chi connectivity index (χ0n) is 10.3. The third kappa shape index (κ3) is 1.85. The molecule has 0 saturated carbocycles. The molecular weight excluding hydrogens is 196 g/mol. The predicted octanol–water partition coefficient (Wildman–Crippen LogP) is 3.33. The summed E-state index contributed by atoms with van der Waals surface area (Å²) >= 11 is 0. The molecule has 0 amide bonds. The van der Waals surface area contributed by atoms with Gasteiger partial charge in [-0.2, -0.15) is 0 Å². The lowest BCUT2D eigenvalue weighted by Gasteiger charge is -2.12. The van der Waals surface area contributed by atoms with E-state index < -0.39 is 0 Å². The van der Waals surface area contributed by atoms with Crippen molar-refractivity contribution in [1.29, 1.82) is 0 Å². The number of benzene rings is 1. The van der Waals surface area contributed by atoms with Crippen LogP contribution in [0.1, 0.15) is 31.9 Å². The SMILES string of the molecule is CCCn1ccc2c(C(C)NC)cccc21. The third-order valence-corrected chi connectivity index (χ3v) is 3.21. The van der Waals surface area contributed by atoms with Crippen molar-refractivity contribution in [2.75, 3.05) is 7.05 Å². The van der Waals surface area contributed by atoms with Gasteiger partial charge in [0.1, 0.15) is 0 Å². The molecule has 2 aromatic rings. The Morgan fingerprint density at radius 2 is 2.12 bits per heavy atom. The van der Waals surface area contributed by atoms with Crippen LogP contribution in [-0.4, -0.2) is 11.6 Å². The van der Waals surface area contributed by atoms with E-state index in [1.54, 1.807) is 0 Å². The fourth-order valence-corrected chi connectivity index (χ4v) is 2.22. The molecule has 1 heterocycles. The summed E-state index contributed by atoms with van der Waals surface area (Å²) < 4.78 is 2.33. The van der Waals surface area contributed by atoms with E-state index in [2.05, 4.69) is 54.2 Å². The number of nitrogens with one attached hydrogen (secondary N) is 1. The van der Waals surface area contributed by atoms with Crippen molar-refractivity contribution in [2.45, 2.75) is 32.9 Å². The van der Waals surface area contributed by atoms with E-state index in [0.29, 0.717) is 6.04 Å². The molecule has 2 rings (SSSR count). The van der Waals surface area contributed by atoms with Crippen LogP contribution in [0.5, 0.6) is 0 Å². The molecule has 16 heavy (non-hydrogen) atoms. The van der Waals surface area contributed by atoms with Crippen LogP contribution in [0.3, 0.4) is 0 Å². The van der Waals surface area contributed by atoms with E-state index in [1.807, 2.05) is 7.05 Å². The maximum Gasteiger partial charge on any atom is 0.0483 e. The van der Waals surface area contributed by atoms with E-state index in [0.717, 1.165) is 6.54 Å². The zero-order chi connectivity index (χ0) is 11.5. The van der Waals surface area contributed by atoms with Crippen molar-refractivity contribution in [1.82, 2.24) is 9.88 Å². The first kappa shape index (κ1) is 11.2. The molecule has 0 radical (unpaired) electrons. The van der Waals surface area contributed by atoms with Crippen LogP contribution < -0.4 is 5.32 Å². The van der Waals surface area contributed by atoms with E-state index in [4.69, 9.17) is 0 Å². The molecule has 0 aliphatic rings. The topological polar surface area (TPSA) is 17.0 Å². The Morgan fingerprint density at radius 3 is 2.81 bits per heavy atom. The van der Waals surface area contributed by atoms with Gasteiger partial charge in [-0.15, -0.1) is 0 Å². The Bertz CT molecular complexity index is 471. The highest BCUT2D eigenvalue weighted by Crippen LogP contribution is 2.25. The molecule has 1 atom stereocenters. The molecule has 1 aromatic heterocycles. The Kier molecular flexibility index (Phi) is 3.30. The molecule has 1 aromatic carbocycles. The van der Waals surface area contributed by atoms with Crippen LogP contribution in [0, 0.1) is 0 Å². The number of aryl methyl sites for hydroxylation is 1. The van der Waals surface area contributed by atoms with Crippen LogP contribution in [0.2, 0.25) is 0 Å². The maximum atomic E-state index is 3.31. The maximum absolute atomic E-state index is 3.31. The van der Waals surface area contributed by atoms with E-state index in [-0.39, 0.29) is 0 Å². The van der Waals surface area contributed by atoms with Crippen LogP contribution in [0.4, 0.5) is 0 Å². The summed E-state index contributed by atoms with van der Waals surface area (Å²) in [6.07, 6.45) is 3.37. The van der Waals surface area contributed by atoms with E-state index in [1.165, 1.54) is 22.9 Å². The van der Waals surface area contributed by atoms with Gasteiger partial charge in [0.25, 0.3) is 0 Å². The first-order valence-electron chi connectivity index (χ1n) is 6.03. The standard InChI is InChI=1S/C14H20N2/c1-4-9-16-10-8-13-12(11(2)15-3)6-5-7-14(13)16/h5-8,10-11,15H,4,9H2,1-3H3. The lowest BCUT2D eigenvalue weighted by atomic mass is 10.0. The normalized spacial score (nSPS) is 13.2. The van der Waals surface area contributed by atoms with Gasteiger partial charge in [-0.25, -0.2) is 0 Å². The summed E-state index contributed by atoms with van der Waals surface area (Å²) in [7, 11) is 2.01. The Morgan fingerprint density at radius 1 is 1.31 bits per heavy atom. The molecular formula is C14H20N2. The summed E-state index contributed by atoms with van der Waals surface area (Å²) in [5.41, 5.74) is 2.73. The molecule has 0 spiro atoms. The van der Waals surface area contributed by atoms with Crippen molar-refractivity contribution in [2.24, 2.45) is 0 Å². The average Bonchev–Trinajstić information content (AvgIpc) is 2.72. The van der Waals surface area contributed by atoms with Gasteiger partial charge in [-0.3, -0.25) is 0 Å². The molecule has 2 nitrogen and oxygen atoms in total. The zero-order valence-corrected chi connectivity index (χ0v) is 10.3. The number of hydrogen-bond donors (Lipinski definition) is 1. The van der Waals surface area contributed by atoms with Crippen LogP contribution in [0.15, 0.2) is 30.5 Å². The second-order valence-electron chi connectivity index (χ2n) is 4.30. The molecule has 0 saturated heterocycles. The third-order valence-electron chi connectivity index (χ3n) is 3.21.